The summed E-state index contributed by atoms with van der Waals surface area (Å²) in [6.45, 7) is 8.12. The second-order valence-electron chi connectivity index (χ2n) is 3.32. The predicted molar refractivity (Wildman–Crippen MR) is 51.9 cm³/mol. The first-order valence-electron chi connectivity index (χ1n) is 4.49. The third kappa shape index (κ3) is 4.29. The number of ketones is 1. The van der Waals surface area contributed by atoms with E-state index in [0.29, 0.717) is 13.0 Å². The molecule has 0 aliphatic heterocycles. The Labute approximate surface area is 74.8 Å². The lowest BCUT2D eigenvalue weighted by Crippen LogP contribution is -2.23. The number of allylic oxidation sites excluding steroid dienone is 1. The van der Waals surface area contributed by atoms with Crippen molar-refractivity contribution in [3.8, 4) is 0 Å². The van der Waals surface area contributed by atoms with E-state index in [-0.39, 0.29) is 11.7 Å². The van der Waals surface area contributed by atoms with E-state index >= 15 is 0 Å². The molecule has 0 rings (SSSR count). The number of hydrogen-bond acceptors (Lipinski definition) is 2. The molecule has 1 atom stereocenters. The van der Waals surface area contributed by atoms with E-state index in [1.807, 2.05) is 6.92 Å². The molecular weight excluding hydrogens is 150 g/mol. The predicted octanol–water partition coefficient (Wildman–Crippen LogP) is 1.90. The van der Waals surface area contributed by atoms with Gasteiger partial charge in [0.25, 0.3) is 0 Å². The van der Waals surface area contributed by atoms with Crippen molar-refractivity contribution in [3.05, 3.63) is 12.2 Å². The maximum Gasteiger partial charge on any atom is 0.141 e. The van der Waals surface area contributed by atoms with Gasteiger partial charge in [-0.2, -0.15) is 0 Å². The Balaban J connectivity index is 3.93. The molecule has 0 saturated heterocycles. The van der Waals surface area contributed by atoms with Crippen molar-refractivity contribution in [2.45, 2.75) is 33.1 Å². The van der Waals surface area contributed by atoms with Crippen LogP contribution in [0, 0.1) is 5.92 Å². The molecular formula is C10H19NO. The second kappa shape index (κ2) is 5.95. The number of hydrogen-bond donors (Lipinski definition) is 1. The number of carbonyl (C=O) groups is 1. The Morgan fingerprint density at radius 1 is 1.58 bits per heavy atom. The molecule has 0 aliphatic carbocycles. The fourth-order valence-corrected chi connectivity index (χ4v) is 1.20. The molecule has 2 N–H and O–H groups in total. The van der Waals surface area contributed by atoms with Crippen LogP contribution < -0.4 is 5.73 Å². The van der Waals surface area contributed by atoms with Gasteiger partial charge >= 0.3 is 0 Å². The fraction of sp³-hybridized carbons (Fsp3) is 0.700. The van der Waals surface area contributed by atoms with Crippen LogP contribution in [-0.2, 0) is 4.79 Å². The maximum atomic E-state index is 11.4. The minimum Gasteiger partial charge on any atom is -0.330 e. The first-order valence-corrected chi connectivity index (χ1v) is 4.49. The zero-order valence-corrected chi connectivity index (χ0v) is 8.10. The molecule has 2 nitrogen and oxygen atoms in total. The van der Waals surface area contributed by atoms with Crippen LogP contribution in [0.3, 0.4) is 0 Å². The molecule has 70 valence electrons. The van der Waals surface area contributed by atoms with Gasteiger partial charge in [-0.05, 0) is 13.3 Å². The quantitative estimate of drug-likeness (QED) is 0.617. The van der Waals surface area contributed by atoms with Crippen molar-refractivity contribution in [1.29, 1.82) is 0 Å². The standard InChI is InChI=1S/C10H19NO/c1-4-5-9(7-11)10(12)6-8(2)3/h9H,2,4-7,11H2,1,3H3. The van der Waals surface area contributed by atoms with Gasteiger partial charge in [0.2, 0.25) is 0 Å². The summed E-state index contributed by atoms with van der Waals surface area (Å²) in [5.74, 6) is 0.290. The van der Waals surface area contributed by atoms with Crippen molar-refractivity contribution in [1.82, 2.24) is 0 Å². The zero-order chi connectivity index (χ0) is 9.56. The Morgan fingerprint density at radius 2 is 2.17 bits per heavy atom. The van der Waals surface area contributed by atoms with Crippen molar-refractivity contribution in [2.75, 3.05) is 6.54 Å². The van der Waals surface area contributed by atoms with Crippen LogP contribution in [-0.4, -0.2) is 12.3 Å². The van der Waals surface area contributed by atoms with Crippen LogP contribution in [0.1, 0.15) is 33.1 Å². The number of rotatable bonds is 6. The monoisotopic (exact) mass is 169 g/mol. The molecule has 0 amide bonds. The highest BCUT2D eigenvalue weighted by Crippen LogP contribution is 2.11. The van der Waals surface area contributed by atoms with Gasteiger partial charge in [0.05, 0.1) is 0 Å². The highest BCUT2D eigenvalue weighted by Gasteiger charge is 2.14. The minimum absolute atomic E-state index is 0.0479. The van der Waals surface area contributed by atoms with E-state index in [1.54, 1.807) is 0 Å². The summed E-state index contributed by atoms with van der Waals surface area (Å²) in [4.78, 5) is 11.4. The highest BCUT2D eigenvalue weighted by atomic mass is 16.1. The first kappa shape index (κ1) is 11.4. The number of carbonyl (C=O) groups excluding carboxylic acids is 1. The molecule has 0 heterocycles. The van der Waals surface area contributed by atoms with E-state index in [0.717, 1.165) is 18.4 Å². The van der Waals surface area contributed by atoms with Crippen LogP contribution in [0.25, 0.3) is 0 Å². The van der Waals surface area contributed by atoms with E-state index in [1.165, 1.54) is 0 Å². The van der Waals surface area contributed by atoms with E-state index < -0.39 is 0 Å². The summed E-state index contributed by atoms with van der Waals surface area (Å²) >= 11 is 0. The van der Waals surface area contributed by atoms with E-state index in [4.69, 9.17) is 5.73 Å². The molecule has 0 aromatic heterocycles. The first-order chi connectivity index (χ1) is 5.61. The third-order valence-electron chi connectivity index (χ3n) is 1.85. The van der Waals surface area contributed by atoms with Gasteiger partial charge in [0.15, 0.2) is 0 Å². The van der Waals surface area contributed by atoms with Crippen LogP contribution >= 0.6 is 0 Å². The lowest BCUT2D eigenvalue weighted by molar-refractivity contribution is -0.122. The Kier molecular flexibility index (Phi) is 5.64. The second-order valence-corrected chi connectivity index (χ2v) is 3.32. The molecule has 0 aromatic carbocycles. The van der Waals surface area contributed by atoms with Crippen LogP contribution in [0.4, 0.5) is 0 Å². The molecule has 12 heavy (non-hydrogen) atoms. The summed E-state index contributed by atoms with van der Waals surface area (Å²) in [5, 5.41) is 0. The molecule has 0 bridgehead atoms. The van der Waals surface area contributed by atoms with Crippen molar-refractivity contribution >= 4 is 5.78 Å². The summed E-state index contributed by atoms with van der Waals surface area (Å²) in [6.07, 6.45) is 2.41. The van der Waals surface area contributed by atoms with Gasteiger partial charge < -0.3 is 5.73 Å². The summed E-state index contributed by atoms with van der Waals surface area (Å²) < 4.78 is 0. The topological polar surface area (TPSA) is 43.1 Å². The van der Waals surface area contributed by atoms with Gasteiger partial charge in [-0.3, -0.25) is 4.79 Å². The average Bonchev–Trinajstić information content (AvgIpc) is 1.98. The highest BCUT2D eigenvalue weighted by molar-refractivity contribution is 5.83. The average molecular weight is 169 g/mol. The van der Waals surface area contributed by atoms with Gasteiger partial charge in [-0.1, -0.05) is 25.5 Å². The molecule has 0 saturated carbocycles. The van der Waals surface area contributed by atoms with Gasteiger partial charge in [-0.25, -0.2) is 0 Å². The Morgan fingerprint density at radius 3 is 2.50 bits per heavy atom. The van der Waals surface area contributed by atoms with Crippen molar-refractivity contribution < 1.29 is 4.79 Å². The van der Waals surface area contributed by atoms with E-state index in [2.05, 4.69) is 13.5 Å². The van der Waals surface area contributed by atoms with Crippen molar-refractivity contribution in [3.63, 3.8) is 0 Å². The molecule has 0 radical (unpaired) electrons. The molecule has 0 fully saturated rings. The SMILES string of the molecule is C=C(C)CC(=O)C(CN)CCC. The van der Waals surface area contributed by atoms with Crippen LogP contribution in [0.5, 0.6) is 0 Å². The van der Waals surface area contributed by atoms with Gasteiger partial charge in [-0.15, -0.1) is 0 Å². The molecule has 0 aromatic rings. The number of Topliss-reactive ketones (excluding diaryl/α,β-unsaturated/α-hetero) is 1. The van der Waals surface area contributed by atoms with Gasteiger partial charge in [0.1, 0.15) is 5.78 Å². The van der Waals surface area contributed by atoms with Gasteiger partial charge in [0, 0.05) is 18.9 Å². The zero-order valence-electron chi connectivity index (χ0n) is 8.10. The lowest BCUT2D eigenvalue weighted by atomic mass is 9.95. The largest absolute Gasteiger partial charge is 0.330 e. The maximum absolute atomic E-state index is 11.4. The molecule has 1 unspecified atom stereocenters. The van der Waals surface area contributed by atoms with Crippen molar-refractivity contribution in [2.24, 2.45) is 11.7 Å². The number of nitrogens with two attached hydrogens (primary N) is 1. The molecule has 0 spiro atoms. The summed E-state index contributed by atoms with van der Waals surface area (Å²) in [5.41, 5.74) is 6.41. The van der Waals surface area contributed by atoms with Crippen LogP contribution in [0.2, 0.25) is 0 Å². The minimum atomic E-state index is 0.0479. The summed E-state index contributed by atoms with van der Waals surface area (Å²) in [7, 11) is 0. The smallest absolute Gasteiger partial charge is 0.141 e. The Bertz CT molecular complexity index is 163. The summed E-state index contributed by atoms with van der Waals surface area (Å²) in [6, 6.07) is 0. The normalized spacial score (nSPS) is 12.6. The van der Waals surface area contributed by atoms with Crippen LogP contribution in [0.15, 0.2) is 12.2 Å². The molecule has 2 heteroatoms. The Hall–Kier alpha value is -0.630. The fourth-order valence-electron chi connectivity index (χ4n) is 1.20. The van der Waals surface area contributed by atoms with E-state index in [9.17, 15) is 4.79 Å². The third-order valence-corrected chi connectivity index (χ3v) is 1.85. The molecule has 0 aliphatic rings. The lowest BCUT2D eigenvalue weighted by Gasteiger charge is -2.11.